The van der Waals surface area contributed by atoms with E-state index in [9.17, 15) is 0 Å². The second-order valence-electron chi connectivity index (χ2n) is 3.51. The molecule has 1 rings (SSSR count). The fourth-order valence-corrected chi connectivity index (χ4v) is 1.71. The maximum Gasteiger partial charge on any atom is 0.188 e. The van der Waals surface area contributed by atoms with E-state index in [1.807, 2.05) is 18.2 Å². The van der Waals surface area contributed by atoms with Gasteiger partial charge >= 0.3 is 0 Å². The largest absolute Gasteiger partial charge is 0.467 e. The van der Waals surface area contributed by atoms with Gasteiger partial charge in [0.05, 0.1) is 0 Å². The van der Waals surface area contributed by atoms with Crippen LogP contribution in [0.15, 0.2) is 18.2 Å². The van der Waals surface area contributed by atoms with E-state index in [0.717, 1.165) is 17.9 Å². The molecule has 1 unspecified atom stereocenters. The molecule has 16 heavy (non-hydrogen) atoms. The molecule has 1 aromatic carbocycles. The summed E-state index contributed by atoms with van der Waals surface area (Å²) in [4.78, 5) is 0. The van der Waals surface area contributed by atoms with E-state index in [2.05, 4.69) is 19.2 Å². The summed E-state index contributed by atoms with van der Waals surface area (Å²) in [6, 6.07) is 5.80. The first-order chi connectivity index (χ1) is 7.69. The Labute approximate surface area is 102 Å². The van der Waals surface area contributed by atoms with Crippen LogP contribution in [0.2, 0.25) is 5.02 Å². The molecular formula is C12H18ClNO2. The molecule has 0 bridgehead atoms. The van der Waals surface area contributed by atoms with Gasteiger partial charge in [0.2, 0.25) is 0 Å². The van der Waals surface area contributed by atoms with Crippen LogP contribution in [0.5, 0.6) is 5.75 Å². The minimum absolute atomic E-state index is 0.204. The van der Waals surface area contributed by atoms with Crippen LogP contribution in [-0.4, -0.2) is 20.4 Å². The highest BCUT2D eigenvalue weighted by atomic mass is 35.5. The number of ether oxygens (including phenoxy) is 2. The molecule has 0 aromatic heterocycles. The van der Waals surface area contributed by atoms with Crippen molar-refractivity contribution in [3.8, 4) is 5.75 Å². The van der Waals surface area contributed by atoms with Crippen molar-refractivity contribution in [1.82, 2.24) is 5.32 Å². The van der Waals surface area contributed by atoms with Crippen LogP contribution in [0.1, 0.15) is 25.5 Å². The third kappa shape index (κ3) is 3.67. The van der Waals surface area contributed by atoms with Crippen LogP contribution < -0.4 is 10.1 Å². The second kappa shape index (κ2) is 6.74. The van der Waals surface area contributed by atoms with Gasteiger partial charge in [-0.05, 0) is 31.7 Å². The first kappa shape index (κ1) is 13.3. The highest BCUT2D eigenvalue weighted by Crippen LogP contribution is 2.28. The first-order valence-corrected chi connectivity index (χ1v) is 5.71. The predicted octanol–water partition coefficient (Wildman–Crippen LogP) is 2.99. The molecule has 0 aliphatic rings. The number of hydrogen-bond donors (Lipinski definition) is 1. The molecule has 0 radical (unpaired) electrons. The second-order valence-corrected chi connectivity index (χ2v) is 3.95. The number of hydrogen-bond acceptors (Lipinski definition) is 3. The fraction of sp³-hybridized carbons (Fsp3) is 0.500. The molecule has 0 spiro atoms. The third-order valence-electron chi connectivity index (χ3n) is 2.28. The molecule has 0 saturated carbocycles. The first-order valence-electron chi connectivity index (χ1n) is 5.33. The Kier molecular flexibility index (Phi) is 5.60. The van der Waals surface area contributed by atoms with Gasteiger partial charge in [-0.25, -0.2) is 0 Å². The Morgan fingerprint density at radius 3 is 2.81 bits per heavy atom. The zero-order chi connectivity index (χ0) is 12.0. The zero-order valence-corrected chi connectivity index (χ0v) is 10.7. The molecule has 0 saturated heterocycles. The van der Waals surface area contributed by atoms with E-state index < -0.39 is 0 Å². The lowest BCUT2D eigenvalue weighted by Gasteiger charge is -2.17. The van der Waals surface area contributed by atoms with Crippen LogP contribution in [0.3, 0.4) is 0 Å². The fourth-order valence-electron chi connectivity index (χ4n) is 1.53. The maximum absolute atomic E-state index is 5.98. The Morgan fingerprint density at radius 2 is 2.19 bits per heavy atom. The average molecular weight is 244 g/mol. The molecular weight excluding hydrogens is 226 g/mol. The van der Waals surface area contributed by atoms with Gasteiger partial charge in [-0.2, -0.15) is 0 Å². The van der Waals surface area contributed by atoms with Gasteiger partial charge in [0.1, 0.15) is 5.75 Å². The van der Waals surface area contributed by atoms with Crippen molar-refractivity contribution in [2.45, 2.75) is 19.9 Å². The molecule has 3 nitrogen and oxygen atoms in total. The molecule has 0 fully saturated rings. The van der Waals surface area contributed by atoms with Gasteiger partial charge in [0.15, 0.2) is 6.79 Å². The lowest BCUT2D eigenvalue weighted by atomic mass is 10.1. The third-order valence-corrected chi connectivity index (χ3v) is 2.52. The van der Waals surface area contributed by atoms with E-state index in [-0.39, 0.29) is 12.8 Å². The molecule has 0 aliphatic carbocycles. The van der Waals surface area contributed by atoms with Gasteiger partial charge in [-0.3, -0.25) is 0 Å². The highest BCUT2D eigenvalue weighted by Gasteiger charge is 2.11. The van der Waals surface area contributed by atoms with E-state index in [4.69, 9.17) is 21.1 Å². The summed E-state index contributed by atoms with van der Waals surface area (Å²) in [5, 5.41) is 4.04. The average Bonchev–Trinajstić information content (AvgIpc) is 2.27. The van der Waals surface area contributed by atoms with Gasteiger partial charge in [-0.1, -0.05) is 18.5 Å². The Morgan fingerprint density at radius 1 is 1.44 bits per heavy atom. The van der Waals surface area contributed by atoms with Crippen molar-refractivity contribution in [3.63, 3.8) is 0 Å². The zero-order valence-electron chi connectivity index (χ0n) is 9.92. The normalized spacial score (nSPS) is 12.5. The van der Waals surface area contributed by atoms with Gasteiger partial charge in [0, 0.05) is 23.7 Å². The Balaban J connectivity index is 2.88. The Bertz CT molecular complexity index is 331. The molecule has 4 heteroatoms. The molecule has 0 heterocycles. The summed E-state index contributed by atoms with van der Waals surface area (Å²) in [6.45, 7) is 5.29. The van der Waals surface area contributed by atoms with Crippen molar-refractivity contribution in [1.29, 1.82) is 0 Å². The van der Waals surface area contributed by atoms with Gasteiger partial charge in [0.25, 0.3) is 0 Å². The van der Waals surface area contributed by atoms with E-state index in [1.54, 1.807) is 7.11 Å². The van der Waals surface area contributed by atoms with E-state index >= 15 is 0 Å². The molecule has 1 aromatic rings. The minimum Gasteiger partial charge on any atom is -0.467 e. The predicted molar refractivity (Wildman–Crippen MR) is 66.0 cm³/mol. The van der Waals surface area contributed by atoms with Crippen LogP contribution >= 0.6 is 11.6 Å². The lowest BCUT2D eigenvalue weighted by Crippen LogP contribution is -2.18. The monoisotopic (exact) mass is 243 g/mol. The van der Waals surface area contributed by atoms with E-state index in [0.29, 0.717) is 5.02 Å². The number of benzene rings is 1. The SMILES string of the molecule is CCNC(C)c1cc(Cl)ccc1OCOC. The van der Waals surface area contributed by atoms with Crippen molar-refractivity contribution in [3.05, 3.63) is 28.8 Å². The molecule has 90 valence electrons. The standard InChI is InChI=1S/C12H18ClNO2/c1-4-14-9(2)11-7-10(13)5-6-12(11)16-8-15-3/h5-7,9,14H,4,8H2,1-3H3. The number of rotatable bonds is 6. The topological polar surface area (TPSA) is 30.5 Å². The number of methoxy groups -OCH3 is 1. The Hall–Kier alpha value is -0.770. The summed E-state index contributed by atoms with van der Waals surface area (Å²) < 4.78 is 10.4. The molecule has 0 aliphatic heterocycles. The minimum atomic E-state index is 0.204. The van der Waals surface area contributed by atoms with Gasteiger partial charge in [-0.15, -0.1) is 0 Å². The summed E-state index contributed by atoms with van der Waals surface area (Å²) in [5.74, 6) is 0.805. The smallest absolute Gasteiger partial charge is 0.188 e. The highest BCUT2D eigenvalue weighted by molar-refractivity contribution is 6.30. The van der Waals surface area contributed by atoms with Crippen molar-refractivity contribution >= 4 is 11.6 Å². The van der Waals surface area contributed by atoms with E-state index in [1.165, 1.54) is 0 Å². The summed E-state index contributed by atoms with van der Waals surface area (Å²) in [7, 11) is 1.60. The summed E-state index contributed by atoms with van der Waals surface area (Å²) in [5.41, 5.74) is 1.05. The summed E-state index contributed by atoms with van der Waals surface area (Å²) >= 11 is 5.98. The van der Waals surface area contributed by atoms with Crippen LogP contribution in [-0.2, 0) is 4.74 Å². The van der Waals surface area contributed by atoms with Crippen LogP contribution in [0.25, 0.3) is 0 Å². The number of halogens is 1. The van der Waals surface area contributed by atoms with Crippen LogP contribution in [0, 0.1) is 0 Å². The van der Waals surface area contributed by atoms with Gasteiger partial charge < -0.3 is 14.8 Å². The van der Waals surface area contributed by atoms with Crippen molar-refractivity contribution in [2.24, 2.45) is 0 Å². The molecule has 1 N–H and O–H groups in total. The lowest BCUT2D eigenvalue weighted by molar-refractivity contribution is 0.0501. The molecule has 1 atom stereocenters. The molecule has 0 amide bonds. The maximum atomic E-state index is 5.98. The van der Waals surface area contributed by atoms with Crippen molar-refractivity contribution < 1.29 is 9.47 Å². The van der Waals surface area contributed by atoms with Crippen LogP contribution in [0.4, 0.5) is 0 Å². The van der Waals surface area contributed by atoms with Crippen molar-refractivity contribution in [2.75, 3.05) is 20.4 Å². The number of nitrogens with one attached hydrogen (secondary N) is 1. The quantitative estimate of drug-likeness (QED) is 0.780. The summed E-state index contributed by atoms with van der Waals surface area (Å²) in [6.07, 6.45) is 0.